The lowest BCUT2D eigenvalue weighted by atomic mass is 9.99. The normalized spacial score (nSPS) is 18.3. The highest BCUT2D eigenvalue weighted by Crippen LogP contribution is 2.24. The van der Waals surface area contributed by atoms with Crippen LogP contribution in [0.1, 0.15) is 12.5 Å². The molecule has 0 aliphatic carbocycles. The maximum absolute atomic E-state index is 11.0. The molecule has 0 aromatic heterocycles. The summed E-state index contributed by atoms with van der Waals surface area (Å²) in [6.45, 7) is 5.90. The van der Waals surface area contributed by atoms with E-state index in [4.69, 9.17) is 5.11 Å². The van der Waals surface area contributed by atoms with Gasteiger partial charge in [0.15, 0.2) is 0 Å². The summed E-state index contributed by atoms with van der Waals surface area (Å²) in [5.74, 6) is -1.07. The number of hydrogen-bond donors (Lipinski definition) is 1. The number of aliphatic carboxylic acids is 1. The van der Waals surface area contributed by atoms with Gasteiger partial charge < -0.3 is 14.9 Å². The third-order valence-electron chi connectivity index (χ3n) is 3.78. The molecule has 1 N–H and O–H groups in total. The predicted octanol–water partition coefficient (Wildman–Crippen LogP) is 1.70. The van der Waals surface area contributed by atoms with Gasteiger partial charge in [-0.2, -0.15) is 0 Å². The zero-order valence-electron chi connectivity index (χ0n) is 11.7. The molecule has 1 saturated heterocycles. The molecule has 1 atom stereocenters. The minimum absolute atomic E-state index is 0.339. The molecule has 0 bridgehead atoms. The van der Waals surface area contributed by atoms with E-state index in [0.717, 1.165) is 31.7 Å². The molecule has 0 amide bonds. The van der Waals surface area contributed by atoms with Gasteiger partial charge in [-0.15, -0.1) is 0 Å². The Kier molecular flexibility index (Phi) is 4.43. The van der Waals surface area contributed by atoms with Crippen molar-refractivity contribution in [1.29, 1.82) is 0 Å². The smallest absolute Gasteiger partial charge is 0.306 e. The number of nitrogens with zero attached hydrogens (tertiary/aromatic N) is 2. The van der Waals surface area contributed by atoms with Crippen LogP contribution in [0.25, 0.3) is 0 Å². The van der Waals surface area contributed by atoms with Gasteiger partial charge in [-0.05, 0) is 25.1 Å². The van der Waals surface area contributed by atoms with Gasteiger partial charge >= 0.3 is 5.97 Å². The molecule has 1 aliphatic rings. The first-order chi connectivity index (χ1) is 9.08. The summed E-state index contributed by atoms with van der Waals surface area (Å²) in [6.07, 6.45) is 0.595. The van der Waals surface area contributed by atoms with E-state index in [9.17, 15) is 4.79 Å². The van der Waals surface area contributed by atoms with Gasteiger partial charge in [-0.3, -0.25) is 4.79 Å². The highest BCUT2D eigenvalue weighted by molar-refractivity contribution is 5.70. The molecular formula is C15H22N2O2. The number of carbonyl (C=O) groups is 1. The van der Waals surface area contributed by atoms with Gasteiger partial charge in [0, 0.05) is 31.9 Å². The Balaban J connectivity index is 2.14. The standard InChI is InChI=1S/C15H22N2O2/c1-12(15(18)19)11-13-5-3-4-6-14(13)17-9-7-16(2)8-10-17/h3-6,12H,7-11H2,1-2H3,(H,18,19). The van der Waals surface area contributed by atoms with Crippen molar-refractivity contribution in [1.82, 2.24) is 4.90 Å². The zero-order chi connectivity index (χ0) is 13.8. The van der Waals surface area contributed by atoms with Gasteiger partial charge in [-0.25, -0.2) is 0 Å². The van der Waals surface area contributed by atoms with E-state index in [2.05, 4.69) is 22.9 Å². The van der Waals surface area contributed by atoms with Crippen molar-refractivity contribution in [2.75, 3.05) is 38.1 Å². The van der Waals surface area contributed by atoms with Crippen molar-refractivity contribution in [2.24, 2.45) is 5.92 Å². The first-order valence-electron chi connectivity index (χ1n) is 6.82. The number of likely N-dealkylation sites (N-methyl/N-ethyl adjacent to an activating group) is 1. The van der Waals surface area contributed by atoms with E-state index < -0.39 is 5.97 Å². The molecule has 0 radical (unpaired) electrons. The third-order valence-corrected chi connectivity index (χ3v) is 3.78. The number of rotatable bonds is 4. The minimum Gasteiger partial charge on any atom is -0.481 e. The molecular weight excluding hydrogens is 240 g/mol. The Morgan fingerprint density at radius 3 is 2.53 bits per heavy atom. The highest BCUT2D eigenvalue weighted by Gasteiger charge is 2.19. The Morgan fingerprint density at radius 1 is 1.26 bits per heavy atom. The van der Waals surface area contributed by atoms with Crippen LogP contribution in [-0.4, -0.2) is 49.2 Å². The fourth-order valence-corrected chi connectivity index (χ4v) is 2.46. The summed E-state index contributed by atoms with van der Waals surface area (Å²) in [7, 11) is 2.13. The summed E-state index contributed by atoms with van der Waals surface area (Å²) in [5.41, 5.74) is 2.34. The number of anilines is 1. The molecule has 1 aliphatic heterocycles. The maximum atomic E-state index is 11.0. The van der Waals surface area contributed by atoms with Crippen LogP contribution in [0, 0.1) is 5.92 Å². The van der Waals surface area contributed by atoms with Gasteiger partial charge in [-0.1, -0.05) is 25.1 Å². The van der Waals surface area contributed by atoms with Crippen molar-refractivity contribution < 1.29 is 9.90 Å². The van der Waals surface area contributed by atoms with Crippen LogP contribution in [0.2, 0.25) is 0 Å². The molecule has 2 rings (SSSR count). The van der Waals surface area contributed by atoms with E-state index in [1.807, 2.05) is 18.2 Å². The monoisotopic (exact) mass is 262 g/mol. The molecule has 0 spiro atoms. The number of piperazine rings is 1. The van der Waals surface area contributed by atoms with E-state index in [1.165, 1.54) is 5.69 Å². The summed E-state index contributed by atoms with van der Waals surface area (Å²) in [5, 5.41) is 9.06. The molecule has 1 aromatic rings. The molecule has 4 nitrogen and oxygen atoms in total. The number of carboxylic acids is 1. The molecule has 1 fully saturated rings. The maximum Gasteiger partial charge on any atom is 0.306 e. The highest BCUT2D eigenvalue weighted by atomic mass is 16.4. The van der Waals surface area contributed by atoms with Crippen molar-refractivity contribution >= 4 is 11.7 Å². The minimum atomic E-state index is -0.729. The van der Waals surface area contributed by atoms with Gasteiger partial charge in [0.2, 0.25) is 0 Å². The van der Waals surface area contributed by atoms with Gasteiger partial charge in [0.05, 0.1) is 5.92 Å². The molecule has 19 heavy (non-hydrogen) atoms. The lowest BCUT2D eigenvalue weighted by molar-refractivity contribution is -0.141. The predicted molar refractivity (Wildman–Crippen MR) is 76.7 cm³/mol. The fraction of sp³-hybridized carbons (Fsp3) is 0.533. The SMILES string of the molecule is CC(Cc1ccccc1N1CCN(C)CC1)C(=O)O. The van der Waals surface area contributed by atoms with Gasteiger partial charge in [0.1, 0.15) is 0 Å². The van der Waals surface area contributed by atoms with E-state index in [-0.39, 0.29) is 5.92 Å². The van der Waals surface area contributed by atoms with E-state index in [1.54, 1.807) is 6.92 Å². The number of para-hydroxylation sites is 1. The number of hydrogen-bond acceptors (Lipinski definition) is 3. The Labute approximate surface area is 114 Å². The summed E-state index contributed by atoms with van der Waals surface area (Å²) in [4.78, 5) is 15.7. The van der Waals surface area contributed by atoms with Crippen LogP contribution < -0.4 is 4.90 Å². The summed E-state index contributed by atoms with van der Waals surface area (Å²) >= 11 is 0. The summed E-state index contributed by atoms with van der Waals surface area (Å²) < 4.78 is 0. The molecule has 0 saturated carbocycles. The van der Waals surface area contributed by atoms with Crippen LogP contribution in [0.3, 0.4) is 0 Å². The largest absolute Gasteiger partial charge is 0.481 e. The van der Waals surface area contributed by atoms with E-state index >= 15 is 0 Å². The first kappa shape index (κ1) is 13.9. The molecule has 1 heterocycles. The van der Waals surface area contributed by atoms with Crippen molar-refractivity contribution in [3.05, 3.63) is 29.8 Å². The van der Waals surface area contributed by atoms with Crippen LogP contribution in [0.4, 0.5) is 5.69 Å². The number of benzene rings is 1. The Hall–Kier alpha value is -1.55. The first-order valence-corrected chi connectivity index (χ1v) is 6.82. The Bertz CT molecular complexity index is 440. The molecule has 1 aromatic carbocycles. The zero-order valence-corrected chi connectivity index (χ0v) is 11.7. The quantitative estimate of drug-likeness (QED) is 0.897. The topological polar surface area (TPSA) is 43.8 Å². The molecule has 1 unspecified atom stereocenters. The molecule has 4 heteroatoms. The van der Waals surface area contributed by atoms with Gasteiger partial charge in [0.25, 0.3) is 0 Å². The summed E-state index contributed by atoms with van der Waals surface area (Å²) in [6, 6.07) is 8.17. The van der Waals surface area contributed by atoms with Crippen LogP contribution >= 0.6 is 0 Å². The van der Waals surface area contributed by atoms with Crippen molar-refractivity contribution in [3.8, 4) is 0 Å². The Morgan fingerprint density at radius 2 is 1.89 bits per heavy atom. The van der Waals surface area contributed by atoms with Crippen LogP contribution in [-0.2, 0) is 11.2 Å². The molecule has 104 valence electrons. The lowest BCUT2D eigenvalue weighted by Gasteiger charge is -2.35. The second-order valence-electron chi connectivity index (χ2n) is 5.36. The lowest BCUT2D eigenvalue weighted by Crippen LogP contribution is -2.44. The van der Waals surface area contributed by atoms with Crippen molar-refractivity contribution in [3.63, 3.8) is 0 Å². The average molecular weight is 262 g/mol. The average Bonchev–Trinajstić information content (AvgIpc) is 2.40. The second kappa shape index (κ2) is 6.06. The van der Waals surface area contributed by atoms with Crippen LogP contribution in [0.15, 0.2) is 24.3 Å². The number of carboxylic acid groups (broad SMARTS) is 1. The van der Waals surface area contributed by atoms with Crippen molar-refractivity contribution in [2.45, 2.75) is 13.3 Å². The fourth-order valence-electron chi connectivity index (χ4n) is 2.46. The van der Waals surface area contributed by atoms with E-state index in [0.29, 0.717) is 6.42 Å². The van der Waals surface area contributed by atoms with Crippen LogP contribution in [0.5, 0.6) is 0 Å². The third kappa shape index (κ3) is 3.47. The second-order valence-corrected chi connectivity index (χ2v) is 5.36.